The second-order valence-corrected chi connectivity index (χ2v) is 9.04. The van der Waals surface area contributed by atoms with Crippen LogP contribution in [0.15, 0.2) is 59.7 Å². The normalized spacial score (nSPS) is 13.9. The van der Waals surface area contributed by atoms with E-state index in [2.05, 4.69) is 56.4 Å². The number of benzene rings is 2. The quantitative estimate of drug-likeness (QED) is 0.482. The van der Waals surface area contributed by atoms with Crippen molar-refractivity contribution in [1.82, 2.24) is 19.2 Å². The van der Waals surface area contributed by atoms with Crippen LogP contribution >= 0.6 is 0 Å². The summed E-state index contributed by atoms with van der Waals surface area (Å²) in [6, 6.07) is 14.3. The third-order valence-electron chi connectivity index (χ3n) is 6.55. The number of hydrogen-bond donors (Lipinski definition) is 1. The first-order chi connectivity index (χ1) is 16.9. The number of rotatable bonds is 5. The van der Waals surface area contributed by atoms with Gasteiger partial charge < -0.3 is 15.1 Å². The first-order valence-electron chi connectivity index (χ1n) is 11.8. The molecule has 0 saturated carbocycles. The van der Waals surface area contributed by atoms with Crippen molar-refractivity contribution in [3.05, 3.63) is 82.0 Å². The van der Waals surface area contributed by atoms with Gasteiger partial charge in [0.25, 0.3) is 0 Å². The minimum atomic E-state index is -0.364. The van der Waals surface area contributed by atoms with Gasteiger partial charge in [-0.05, 0) is 56.2 Å². The minimum Gasteiger partial charge on any atom is -0.368 e. The van der Waals surface area contributed by atoms with Gasteiger partial charge >= 0.3 is 5.69 Å². The lowest BCUT2D eigenvalue weighted by Gasteiger charge is -2.36. The summed E-state index contributed by atoms with van der Waals surface area (Å²) in [5.41, 5.74) is 5.48. The van der Waals surface area contributed by atoms with Crippen LogP contribution in [0.25, 0.3) is 5.65 Å². The fraction of sp³-hybridized carbons (Fsp3) is 0.308. The summed E-state index contributed by atoms with van der Waals surface area (Å²) in [6.07, 6.45) is 3.20. The minimum absolute atomic E-state index is 0.173. The molecular formula is C26H29N7O2. The van der Waals surface area contributed by atoms with E-state index in [4.69, 9.17) is 0 Å². The second kappa shape index (κ2) is 9.25. The number of carbonyl (C=O) groups excluding carboxylic acids is 1. The maximum absolute atomic E-state index is 12.9. The third kappa shape index (κ3) is 4.62. The van der Waals surface area contributed by atoms with Crippen molar-refractivity contribution in [2.75, 3.05) is 41.3 Å². The molecule has 3 heterocycles. The number of anilines is 3. The summed E-state index contributed by atoms with van der Waals surface area (Å²) in [6.45, 7) is 9.13. The van der Waals surface area contributed by atoms with Crippen LogP contribution in [0.3, 0.4) is 0 Å². The lowest BCUT2D eigenvalue weighted by Crippen LogP contribution is -2.47. The topological polar surface area (TPSA) is 87.8 Å². The smallest absolute Gasteiger partial charge is 0.350 e. The highest BCUT2D eigenvalue weighted by atomic mass is 16.2. The molecule has 0 bridgehead atoms. The van der Waals surface area contributed by atoms with E-state index in [0.717, 1.165) is 37.3 Å². The number of piperazine rings is 1. The van der Waals surface area contributed by atoms with Gasteiger partial charge in [0.1, 0.15) is 6.54 Å². The first kappa shape index (κ1) is 22.6. The molecule has 4 aromatic rings. The molecule has 1 amide bonds. The molecule has 1 aliphatic rings. The Bertz CT molecular complexity index is 1430. The van der Waals surface area contributed by atoms with Crippen LogP contribution in [0.4, 0.5) is 17.2 Å². The van der Waals surface area contributed by atoms with Crippen molar-refractivity contribution in [3.8, 4) is 0 Å². The fourth-order valence-electron chi connectivity index (χ4n) is 4.35. The van der Waals surface area contributed by atoms with Crippen LogP contribution in [0.2, 0.25) is 0 Å². The lowest BCUT2D eigenvalue weighted by atomic mass is 10.1. The molecular weight excluding hydrogens is 442 g/mol. The summed E-state index contributed by atoms with van der Waals surface area (Å²) in [5.74, 6) is 0.349. The van der Waals surface area contributed by atoms with E-state index in [1.54, 1.807) is 12.4 Å². The Balaban J connectivity index is 1.32. The highest BCUT2D eigenvalue weighted by Gasteiger charge is 2.23. The van der Waals surface area contributed by atoms with Crippen molar-refractivity contribution in [2.45, 2.75) is 27.3 Å². The van der Waals surface area contributed by atoms with Crippen molar-refractivity contribution in [3.63, 3.8) is 0 Å². The van der Waals surface area contributed by atoms with Crippen LogP contribution in [-0.4, -0.2) is 51.3 Å². The number of hydrogen-bond acceptors (Lipinski definition) is 6. The van der Waals surface area contributed by atoms with E-state index in [1.165, 1.54) is 20.3 Å². The first-order valence-corrected chi connectivity index (χ1v) is 11.8. The standard InChI is InChI=1S/C26H29N7O2/c1-18-4-8-22(9-5-18)30-12-14-31(15-13-30)24-25-29-33(26(35)32(25)11-10-27-24)17-23(34)28-21-7-6-19(2)20(3)16-21/h4-11,16H,12-15,17H2,1-3H3,(H,28,34). The van der Waals surface area contributed by atoms with Gasteiger partial charge in [0.05, 0.1) is 0 Å². The molecule has 0 radical (unpaired) electrons. The van der Waals surface area contributed by atoms with Gasteiger partial charge in [-0.25, -0.2) is 18.9 Å². The van der Waals surface area contributed by atoms with E-state index < -0.39 is 0 Å². The molecule has 0 atom stereocenters. The summed E-state index contributed by atoms with van der Waals surface area (Å²) >= 11 is 0. The van der Waals surface area contributed by atoms with Crippen LogP contribution in [-0.2, 0) is 11.3 Å². The predicted molar refractivity (Wildman–Crippen MR) is 137 cm³/mol. The van der Waals surface area contributed by atoms with Gasteiger partial charge in [-0.1, -0.05) is 23.8 Å². The monoisotopic (exact) mass is 471 g/mol. The Morgan fingerprint density at radius 3 is 2.37 bits per heavy atom. The van der Waals surface area contributed by atoms with Crippen molar-refractivity contribution >= 4 is 28.7 Å². The van der Waals surface area contributed by atoms with Gasteiger partial charge in [-0.15, -0.1) is 5.10 Å². The molecule has 5 rings (SSSR count). The number of aryl methyl sites for hydroxylation is 3. The Hall–Kier alpha value is -4.14. The molecule has 1 N–H and O–H groups in total. The second-order valence-electron chi connectivity index (χ2n) is 9.04. The fourth-order valence-corrected chi connectivity index (χ4v) is 4.35. The zero-order valence-corrected chi connectivity index (χ0v) is 20.2. The molecule has 9 heteroatoms. The van der Waals surface area contributed by atoms with Crippen molar-refractivity contribution < 1.29 is 4.79 Å². The number of fused-ring (bicyclic) bond motifs is 1. The number of amides is 1. The molecule has 35 heavy (non-hydrogen) atoms. The summed E-state index contributed by atoms with van der Waals surface area (Å²) < 4.78 is 2.65. The average Bonchev–Trinajstić information content (AvgIpc) is 3.17. The molecule has 1 aliphatic heterocycles. The summed E-state index contributed by atoms with van der Waals surface area (Å²) in [4.78, 5) is 34.6. The van der Waals surface area contributed by atoms with Crippen molar-refractivity contribution in [2.24, 2.45) is 0 Å². The average molecular weight is 472 g/mol. The number of nitrogens with one attached hydrogen (secondary N) is 1. The third-order valence-corrected chi connectivity index (χ3v) is 6.55. The maximum Gasteiger partial charge on any atom is 0.350 e. The number of carbonyl (C=O) groups is 1. The summed E-state index contributed by atoms with van der Waals surface area (Å²) in [5, 5.41) is 7.33. The predicted octanol–water partition coefficient (Wildman–Crippen LogP) is 2.78. The molecule has 0 unspecified atom stereocenters. The molecule has 2 aromatic carbocycles. The Labute approximate surface area is 203 Å². The Kier molecular flexibility index (Phi) is 5.98. The van der Waals surface area contributed by atoms with Crippen LogP contribution in [0.5, 0.6) is 0 Å². The van der Waals surface area contributed by atoms with Crippen LogP contribution in [0, 0.1) is 20.8 Å². The lowest BCUT2D eigenvalue weighted by molar-refractivity contribution is -0.117. The van der Waals surface area contributed by atoms with Crippen molar-refractivity contribution in [1.29, 1.82) is 0 Å². The van der Waals surface area contributed by atoms with E-state index in [0.29, 0.717) is 17.2 Å². The SMILES string of the molecule is Cc1ccc(N2CCN(c3nccn4c(=O)n(CC(=O)Nc5ccc(C)c(C)c5)nc34)CC2)cc1. The molecule has 9 nitrogen and oxygen atoms in total. The van der Waals surface area contributed by atoms with Gasteiger partial charge in [0, 0.05) is 49.9 Å². The van der Waals surface area contributed by atoms with E-state index >= 15 is 0 Å². The zero-order chi connectivity index (χ0) is 24.5. The van der Waals surface area contributed by atoms with Gasteiger partial charge in [0.2, 0.25) is 11.6 Å². The van der Waals surface area contributed by atoms with E-state index in [9.17, 15) is 9.59 Å². The summed E-state index contributed by atoms with van der Waals surface area (Å²) in [7, 11) is 0. The van der Waals surface area contributed by atoms with Crippen LogP contribution < -0.4 is 20.8 Å². The van der Waals surface area contributed by atoms with Crippen LogP contribution in [0.1, 0.15) is 16.7 Å². The molecule has 1 fully saturated rings. The van der Waals surface area contributed by atoms with E-state index in [1.807, 2.05) is 32.0 Å². The highest BCUT2D eigenvalue weighted by molar-refractivity contribution is 5.90. The molecule has 0 aliphatic carbocycles. The maximum atomic E-state index is 12.9. The number of aromatic nitrogens is 4. The Morgan fingerprint density at radius 2 is 1.66 bits per heavy atom. The Morgan fingerprint density at radius 1 is 0.943 bits per heavy atom. The number of nitrogens with zero attached hydrogens (tertiary/aromatic N) is 6. The molecule has 180 valence electrons. The molecule has 1 saturated heterocycles. The zero-order valence-electron chi connectivity index (χ0n) is 20.2. The highest BCUT2D eigenvalue weighted by Crippen LogP contribution is 2.22. The van der Waals surface area contributed by atoms with Gasteiger partial charge in [0.15, 0.2) is 5.82 Å². The largest absolute Gasteiger partial charge is 0.368 e. The van der Waals surface area contributed by atoms with Gasteiger partial charge in [-0.2, -0.15) is 0 Å². The van der Waals surface area contributed by atoms with E-state index in [-0.39, 0.29) is 18.1 Å². The van der Waals surface area contributed by atoms with Gasteiger partial charge in [-0.3, -0.25) is 4.79 Å². The molecule has 0 spiro atoms. The molecule has 2 aromatic heterocycles.